The van der Waals surface area contributed by atoms with Gasteiger partial charge in [0.1, 0.15) is 22.9 Å². The number of rotatable bonds is 23. The van der Waals surface area contributed by atoms with E-state index in [1.807, 2.05) is 91.8 Å². The molecular formula is C39H57NO8. The molecule has 9 heteroatoms. The number of ether oxygens (including phenoxy) is 3. The Balaban J connectivity index is 0.0000120. The molecule has 0 aliphatic carbocycles. The second kappa shape index (κ2) is 20.1. The fraction of sp³-hybridized carbons (Fsp3) is 0.564. The van der Waals surface area contributed by atoms with Crippen LogP contribution >= 0.6 is 0 Å². The normalized spacial score (nSPS) is 11.8. The first-order valence-electron chi connectivity index (χ1n) is 17.0. The number of carbonyl (C=O) groups excluding carboxylic acids is 5. The van der Waals surface area contributed by atoms with E-state index >= 15 is 0 Å². The van der Waals surface area contributed by atoms with Gasteiger partial charge in [-0.15, -0.1) is 0 Å². The number of carbonyl (C=O) groups is 5. The van der Waals surface area contributed by atoms with Crippen molar-refractivity contribution in [2.45, 2.75) is 80.2 Å². The first-order chi connectivity index (χ1) is 22.7. The van der Waals surface area contributed by atoms with Crippen LogP contribution in [-0.4, -0.2) is 74.2 Å². The van der Waals surface area contributed by atoms with Gasteiger partial charge < -0.3 is 19.5 Å². The monoisotopic (exact) mass is 667 g/mol. The molecular weight excluding hydrogens is 610 g/mol. The lowest BCUT2D eigenvalue weighted by molar-refractivity contribution is -0.123. The zero-order valence-electron chi connectivity index (χ0n) is 30.1. The van der Waals surface area contributed by atoms with Gasteiger partial charge in [-0.3, -0.25) is 24.0 Å². The zero-order chi connectivity index (χ0) is 35.9. The van der Waals surface area contributed by atoms with Crippen molar-refractivity contribution in [3.63, 3.8) is 0 Å². The second-order valence-electron chi connectivity index (χ2n) is 13.7. The van der Waals surface area contributed by atoms with E-state index < -0.39 is 5.54 Å². The number of Topliss-reactive ketones (excluding diaryl/α,β-unsaturated/α-hetero) is 4. The number of benzene rings is 2. The third-order valence-corrected chi connectivity index (χ3v) is 8.10. The Morgan fingerprint density at radius 1 is 0.542 bits per heavy atom. The molecule has 0 saturated heterocycles. The minimum absolute atomic E-state index is 0. The molecule has 9 nitrogen and oxygen atoms in total. The summed E-state index contributed by atoms with van der Waals surface area (Å²) >= 11 is 0. The van der Waals surface area contributed by atoms with Gasteiger partial charge in [-0.25, -0.2) is 0 Å². The van der Waals surface area contributed by atoms with E-state index in [0.29, 0.717) is 11.1 Å². The van der Waals surface area contributed by atoms with Crippen molar-refractivity contribution in [3.8, 4) is 11.1 Å². The molecule has 0 radical (unpaired) electrons. The summed E-state index contributed by atoms with van der Waals surface area (Å²) in [4.78, 5) is 62.7. The van der Waals surface area contributed by atoms with Crippen LogP contribution in [0.4, 0.5) is 0 Å². The van der Waals surface area contributed by atoms with Gasteiger partial charge in [0.25, 0.3) is 5.91 Å². The van der Waals surface area contributed by atoms with Crippen LogP contribution in [0.1, 0.15) is 96.8 Å². The lowest BCUT2D eigenvalue weighted by Gasteiger charge is -2.34. The maximum absolute atomic E-state index is 13.7. The molecule has 2 aromatic carbocycles. The molecule has 0 spiro atoms. The molecule has 2 rings (SSSR count). The van der Waals surface area contributed by atoms with Crippen molar-refractivity contribution in [1.29, 1.82) is 0 Å². The van der Waals surface area contributed by atoms with Gasteiger partial charge in [-0.1, -0.05) is 91.8 Å². The van der Waals surface area contributed by atoms with Crippen LogP contribution in [0.5, 0.6) is 0 Å². The fourth-order valence-corrected chi connectivity index (χ4v) is 4.71. The van der Waals surface area contributed by atoms with E-state index in [-0.39, 0.29) is 113 Å². The van der Waals surface area contributed by atoms with E-state index in [1.165, 1.54) is 0 Å². The summed E-state index contributed by atoms with van der Waals surface area (Å²) in [5.74, 6) is -0.549. The molecule has 0 aliphatic rings. The van der Waals surface area contributed by atoms with Gasteiger partial charge in [-0.05, 0) is 23.3 Å². The predicted octanol–water partition coefficient (Wildman–Crippen LogP) is 6.80. The molecule has 1 N–H and O–H groups in total. The van der Waals surface area contributed by atoms with Gasteiger partial charge >= 0.3 is 0 Å². The van der Waals surface area contributed by atoms with Crippen LogP contribution in [0.15, 0.2) is 48.5 Å². The average Bonchev–Trinajstić information content (AvgIpc) is 3.06. The Labute approximate surface area is 288 Å². The number of nitrogens with one attached hydrogen (secondary N) is 1. The molecule has 0 heterocycles. The van der Waals surface area contributed by atoms with Crippen LogP contribution in [0.2, 0.25) is 0 Å². The van der Waals surface area contributed by atoms with Crippen LogP contribution in [0.25, 0.3) is 11.1 Å². The van der Waals surface area contributed by atoms with Crippen LogP contribution in [0.3, 0.4) is 0 Å². The Morgan fingerprint density at radius 2 is 0.875 bits per heavy atom. The Morgan fingerprint density at radius 3 is 1.19 bits per heavy atom. The van der Waals surface area contributed by atoms with Crippen LogP contribution in [0, 0.1) is 23.7 Å². The molecule has 266 valence electrons. The minimum Gasteiger partial charge on any atom is -0.378 e. The maximum Gasteiger partial charge on any atom is 0.251 e. The van der Waals surface area contributed by atoms with Crippen molar-refractivity contribution in [3.05, 3.63) is 59.7 Å². The van der Waals surface area contributed by atoms with Crippen molar-refractivity contribution in [2.24, 2.45) is 23.7 Å². The van der Waals surface area contributed by atoms with Gasteiger partial charge in [-0.2, -0.15) is 0 Å². The molecule has 0 bridgehead atoms. The summed E-state index contributed by atoms with van der Waals surface area (Å²) in [6.45, 7) is 15.2. The second-order valence-corrected chi connectivity index (χ2v) is 13.7. The molecule has 2 aromatic rings. The Kier molecular flexibility index (Phi) is 17.0. The lowest BCUT2D eigenvalue weighted by Crippen LogP contribution is -2.58. The van der Waals surface area contributed by atoms with Crippen LogP contribution in [-0.2, 0) is 28.6 Å². The maximum atomic E-state index is 13.7. The largest absolute Gasteiger partial charge is 0.378 e. The van der Waals surface area contributed by atoms with E-state index in [9.17, 15) is 24.0 Å². The summed E-state index contributed by atoms with van der Waals surface area (Å²) in [6, 6.07) is 14.5. The van der Waals surface area contributed by atoms with Crippen LogP contribution < -0.4 is 5.32 Å². The molecule has 0 atom stereocenters. The molecule has 48 heavy (non-hydrogen) atoms. The van der Waals surface area contributed by atoms with Gasteiger partial charge in [0.15, 0.2) is 5.78 Å². The van der Waals surface area contributed by atoms with E-state index in [4.69, 9.17) is 14.2 Å². The summed E-state index contributed by atoms with van der Waals surface area (Å²) in [5, 5.41) is 3.06. The summed E-state index contributed by atoms with van der Waals surface area (Å²) in [6.07, 6.45) is 0.676. The van der Waals surface area contributed by atoms with Gasteiger partial charge in [0.2, 0.25) is 0 Å². The predicted molar refractivity (Wildman–Crippen MR) is 189 cm³/mol. The SMILES string of the molecule is CC(C)C(=O)CCOCC(COCCC(=O)C(C)C)(COCCC(=O)C(C)C)NC(=O)c1ccc(-c2ccc(C(=O)C(C)C)cc2)cc1.[HH]. The molecule has 1 amide bonds. The number of hydrogen-bond acceptors (Lipinski definition) is 8. The smallest absolute Gasteiger partial charge is 0.251 e. The molecule has 0 aliphatic heterocycles. The molecule has 0 unspecified atom stereocenters. The third-order valence-electron chi connectivity index (χ3n) is 8.10. The summed E-state index contributed by atoms with van der Waals surface area (Å²) in [7, 11) is 0. The molecule has 0 fully saturated rings. The lowest BCUT2D eigenvalue weighted by atomic mass is 9.97. The first-order valence-corrected chi connectivity index (χ1v) is 17.0. The van der Waals surface area contributed by atoms with Crippen molar-refractivity contribution in [2.75, 3.05) is 39.6 Å². The number of ketones is 4. The van der Waals surface area contributed by atoms with Crippen molar-refractivity contribution in [1.82, 2.24) is 5.32 Å². The number of amides is 1. The summed E-state index contributed by atoms with van der Waals surface area (Å²) in [5.41, 5.74) is 1.68. The first kappa shape index (κ1) is 40.6. The minimum atomic E-state index is -1.17. The van der Waals surface area contributed by atoms with E-state index in [2.05, 4.69) is 5.32 Å². The number of hydrogen-bond donors (Lipinski definition) is 1. The Bertz CT molecular complexity index is 1280. The van der Waals surface area contributed by atoms with Crippen molar-refractivity contribution < 1.29 is 39.6 Å². The summed E-state index contributed by atoms with van der Waals surface area (Å²) < 4.78 is 17.9. The average molecular weight is 668 g/mol. The third kappa shape index (κ3) is 13.5. The highest BCUT2D eigenvalue weighted by atomic mass is 16.5. The zero-order valence-corrected chi connectivity index (χ0v) is 30.1. The highest BCUT2D eigenvalue weighted by molar-refractivity contribution is 5.98. The highest BCUT2D eigenvalue weighted by Gasteiger charge is 2.34. The highest BCUT2D eigenvalue weighted by Crippen LogP contribution is 2.22. The van der Waals surface area contributed by atoms with Gasteiger partial charge in [0, 0.05) is 55.5 Å². The van der Waals surface area contributed by atoms with Gasteiger partial charge in [0.05, 0.1) is 39.6 Å². The molecule has 0 aromatic heterocycles. The molecule has 0 saturated carbocycles. The fourth-order valence-electron chi connectivity index (χ4n) is 4.71. The quantitative estimate of drug-likeness (QED) is 0.101. The van der Waals surface area contributed by atoms with E-state index in [1.54, 1.807) is 12.1 Å². The van der Waals surface area contributed by atoms with E-state index in [0.717, 1.165) is 11.1 Å². The topological polar surface area (TPSA) is 125 Å². The standard InChI is InChI=1S/C39H55NO8.H2/c1-26(2)34(41)17-20-46-23-39(24-47-21-18-35(42)27(3)4,25-48-22-19-36(43)28(5)6)40-38(45)33-15-11-31(12-16-33)30-9-13-32(14-10-30)37(44)29(7)8;/h9-16,26-29H,17-25H2,1-8H3,(H,40,45);1H. The van der Waals surface area contributed by atoms with Crippen molar-refractivity contribution >= 4 is 29.0 Å². The Hall–Kier alpha value is -3.53.